The first-order chi connectivity index (χ1) is 9.54. The average molecular weight is 285 g/mol. The standard InChI is InChI=1S/C15H31N3O2/c1-6-7-8-9-10-13(3)18-15(16-4)17-11-12(2)14(19)20-5/h12-13H,6-11H2,1-5H3,(H2,16,17,18). The highest BCUT2D eigenvalue weighted by atomic mass is 16.5. The van der Waals surface area contributed by atoms with Crippen LogP contribution in [-0.4, -0.2) is 38.7 Å². The second kappa shape index (κ2) is 11.6. The van der Waals surface area contributed by atoms with Crippen LogP contribution in [0.3, 0.4) is 0 Å². The maximum Gasteiger partial charge on any atom is 0.310 e. The Labute approximate surface area is 123 Å². The molecule has 0 aliphatic heterocycles. The van der Waals surface area contributed by atoms with Crippen molar-refractivity contribution in [2.75, 3.05) is 20.7 Å². The Morgan fingerprint density at radius 1 is 1.25 bits per heavy atom. The van der Waals surface area contributed by atoms with Crippen molar-refractivity contribution in [1.29, 1.82) is 0 Å². The second-order valence-electron chi connectivity index (χ2n) is 5.27. The maximum absolute atomic E-state index is 11.3. The van der Waals surface area contributed by atoms with Crippen LogP contribution in [0.25, 0.3) is 0 Å². The van der Waals surface area contributed by atoms with Crippen molar-refractivity contribution in [1.82, 2.24) is 10.6 Å². The number of unbranched alkanes of at least 4 members (excludes halogenated alkanes) is 3. The van der Waals surface area contributed by atoms with Crippen LogP contribution in [-0.2, 0) is 9.53 Å². The molecule has 2 unspecified atom stereocenters. The number of ether oxygens (including phenoxy) is 1. The summed E-state index contributed by atoms with van der Waals surface area (Å²) in [5, 5.41) is 6.50. The summed E-state index contributed by atoms with van der Waals surface area (Å²) in [7, 11) is 3.15. The molecule has 0 radical (unpaired) electrons. The molecular weight excluding hydrogens is 254 g/mol. The van der Waals surface area contributed by atoms with E-state index < -0.39 is 0 Å². The molecular formula is C15H31N3O2. The summed E-state index contributed by atoms with van der Waals surface area (Å²) in [6.07, 6.45) is 6.21. The first kappa shape index (κ1) is 18.7. The molecule has 0 heterocycles. The van der Waals surface area contributed by atoms with Gasteiger partial charge in [-0.25, -0.2) is 0 Å². The molecule has 5 heteroatoms. The van der Waals surface area contributed by atoms with Gasteiger partial charge in [0.05, 0.1) is 13.0 Å². The molecule has 0 saturated heterocycles. The topological polar surface area (TPSA) is 62.7 Å². The van der Waals surface area contributed by atoms with E-state index in [9.17, 15) is 4.79 Å². The number of hydrogen-bond acceptors (Lipinski definition) is 3. The first-order valence-corrected chi connectivity index (χ1v) is 7.60. The van der Waals surface area contributed by atoms with Crippen molar-refractivity contribution in [3.05, 3.63) is 0 Å². The number of carbonyl (C=O) groups excluding carboxylic acids is 1. The number of rotatable bonds is 9. The van der Waals surface area contributed by atoms with Gasteiger partial charge in [0.15, 0.2) is 5.96 Å². The molecule has 0 aromatic heterocycles. The van der Waals surface area contributed by atoms with Crippen LogP contribution >= 0.6 is 0 Å². The third kappa shape index (κ3) is 8.77. The van der Waals surface area contributed by atoms with Crippen LogP contribution in [0.15, 0.2) is 4.99 Å². The molecule has 5 nitrogen and oxygen atoms in total. The Balaban J connectivity index is 3.94. The van der Waals surface area contributed by atoms with E-state index in [1.54, 1.807) is 7.05 Å². The fourth-order valence-electron chi connectivity index (χ4n) is 1.91. The Bertz CT molecular complexity index is 293. The van der Waals surface area contributed by atoms with E-state index in [0.29, 0.717) is 12.6 Å². The minimum absolute atomic E-state index is 0.182. The van der Waals surface area contributed by atoms with Crippen molar-refractivity contribution >= 4 is 11.9 Å². The highest BCUT2D eigenvalue weighted by molar-refractivity contribution is 5.80. The van der Waals surface area contributed by atoms with Gasteiger partial charge < -0.3 is 15.4 Å². The summed E-state index contributed by atoms with van der Waals surface area (Å²) in [4.78, 5) is 15.5. The zero-order valence-electron chi connectivity index (χ0n) is 13.7. The van der Waals surface area contributed by atoms with Crippen LogP contribution in [0.5, 0.6) is 0 Å². The molecule has 0 aliphatic carbocycles. The molecule has 0 rings (SSSR count). The lowest BCUT2D eigenvalue weighted by atomic mass is 10.1. The van der Waals surface area contributed by atoms with E-state index in [1.807, 2.05) is 6.92 Å². The Kier molecular flexibility index (Phi) is 10.8. The highest BCUT2D eigenvalue weighted by Gasteiger charge is 2.13. The van der Waals surface area contributed by atoms with Gasteiger partial charge in [-0.3, -0.25) is 9.79 Å². The largest absolute Gasteiger partial charge is 0.469 e. The van der Waals surface area contributed by atoms with Gasteiger partial charge in [0.1, 0.15) is 0 Å². The summed E-state index contributed by atoms with van der Waals surface area (Å²) in [5.74, 6) is 0.350. The molecule has 0 saturated carbocycles. The number of nitrogens with zero attached hydrogens (tertiary/aromatic N) is 1. The molecule has 0 aliphatic rings. The summed E-state index contributed by atoms with van der Waals surface area (Å²) in [5.41, 5.74) is 0. The van der Waals surface area contributed by atoms with Gasteiger partial charge in [0.2, 0.25) is 0 Å². The summed E-state index contributed by atoms with van der Waals surface area (Å²) in [6, 6.07) is 0.381. The molecule has 2 N–H and O–H groups in total. The molecule has 0 amide bonds. The van der Waals surface area contributed by atoms with Crippen molar-refractivity contribution in [2.24, 2.45) is 10.9 Å². The highest BCUT2D eigenvalue weighted by Crippen LogP contribution is 2.05. The van der Waals surface area contributed by atoms with Gasteiger partial charge in [-0.15, -0.1) is 0 Å². The average Bonchev–Trinajstić information content (AvgIpc) is 2.46. The molecule has 0 fully saturated rings. The van der Waals surface area contributed by atoms with Gasteiger partial charge >= 0.3 is 5.97 Å². The third-order valence-corrected chi connectivity index (χ3v) is 3.28. The van der Waals surface area contributed by atoms with Crippen molar-refractivity contribution in [2.45, 2.75) is 58.9 Å². The van der Waals surface area contributed by atoms with E-state index in [1.165, 1.54) is 32.8 Å². The van der Waals surface area contributed by atoms with Gasteiger partial charge in [0.25, 0.3) is 0 Å². The monoisotopic (exact) mass is 285 g/mol. The van der Waals surface area contributed by atoms with Gasteiger partial charge in [0, 0.05) is 19.6 Å². The number of aliphatic imine (C=N–C) groups is 1. The number of carbonyl (C=O) groups is 1. The van der Waals surface area contributed by atoms with Crippen molar-refractivity contribution < 1.29 is 9.53 Å². The number of guanidine groups is 1. The molecule has 0 aromatic carbocycles. The minimum atomic E-state index is -0.208. The fraction of sp³-hybridized carbons (Fsp3) is 0.867. The lowest BCUT2D eigenvalue weighted by Gasteiger charge is -2.19. The molecule has 118 valence electrons. The predicted molar refractivity (Wildman–Crippen MR) is 83.9 cm³/mol. The van der Waals surface area contributed by atoms with E-state index >= 15 is 0 Å². The molecule has 20 heavy (non-hydrogen) atoms. The van der Waals surface area contributed by atoms with E-state index in [4.69, 9.17) is 4.74 Å². The van der Waals surface area contributed by atoms with E-state index in [0.717, 1.165) is 12.4 Å². The maximum atomic E-state index is 11.3. The fourth-order valence-corrected chi connectivity index (χ4v) is 1.91. The van der Waals surface area contributed by atoms with Gasteiger partial charge in [-0.1, -0.05) is 39.5 Å². The molecule has 0 aromatic rings. The number of methoxy groups -OCH3 is 1. The van der Waals surface area contributed by atoms with Crippen LogP contribution < -0.4 is 10.6 Å². The Morgan fingerprint density at radius 3 is 2.50 bits per heavy atom. The van der Waals surface area contributed by atoms with Gasteiger partial charge in [-0.2, -0.15) is 0 Å². The normalized spacial score (nSPS) is 14.6. The van der Waals surface area contributed by atoms with Crippen LogP contribution in [0, 0.1) is 5.92 Å². The van der Waals surface area contributed by atoms with Crippen molar-refractivity contribution in [3.63, 3.8) is 0 Å². The zero-order valence-corrected chi connectivity index (χ0v) is 13.7. The first-order valence-electron chi connectivity index (χ1n) is 7.60. The predicted octanol–water partition coefficient (Wildman–Crippen LogP) is 2.32. The zero-order chi connectivity index (χ0) is 15.4. The van der Waals surface area contributed by atoms with Gasteiger partial charge in [-0.05, 0) is 13.3 Å². The Morgan fingerprint density at radius 2 is 1.95 bits per heavy atom. The minimum Gasteiger partial charge on any atom is -0.469 e. The molecule has 0 spiro atoms. The Hall–Kier alpha value is -1.26. The number of esters is 1. The van der Waals surface area contributed by atoms with Crippen LogP contribution in [0.1, 0.15) is 52.9 Å². The van der Waals surface area contributed by atoms with E-state index in [-0.39, 0.29) is 11.9 Å². The number of nitrogens with one attached hydrogen (secondary N) is 2. The second-order valence-corrected chi connectivity index (χ2v) is 5.27. The van der Waals surface area contributed by atoms with Crippen LogP contribution in [0.4, 0.5) is 0 Å². The quantitative estimate of drug-likeness (QED) is 0.295. The smallest absolute Gasteiger partial charge is 0.310 e. The van der Waals surface area contributed by atoms with E-state index in [2.05, 4.69) is 29.5 Å². The lowest BCUT2D eigenvalue weighted by molar-refractivity contribution is -0.144. The van der Waals surface area contributed by atoms with Crippen molar-refractivity contribution in [3.8, 4) is 0 Å². The summed E-state index contributed by atoms with van der Waals surface area (Å²) in [6.45, 7) is 6.73. The van der Waals surface area contributed by atoms with Crippen LogP contribution in [0.2, 0.25) is 0 Å². The summed E-state index contributed by atoms with van der Waals surface area (Å²) >= 11 is 0. The molecule has 0 bridgehead atoms. The number of hydrogen-bond donors (Lipinski definition) is 2. The SMILES string of the molecule is CCCCCCC(C)NC(=NC)NCC(C)C(=O)OC. The third-order valence-electron chi connectivity index (χ3n) is 3.28. The lowest BCUT2D eigenvalue weighted by Crippen LogP contribution is -2.44. The summed E-state index contributed by atoms with van der Waals surface area (Å²) < 4.78 is 4.70. The molecule has 2 atom stereocenters.